The second-order valence-electron chi connectivity index (χ2n) is 5.89. The second kappa shape index (κ2) is 8.01. The molecular weight excluding hydrogens is 485 g/mol. The maximum atomic E-state index is 12.8. The summed E-state index contributed by atoms with van der Waals surface area (Å²) in [5, 5.41) is 2.54. The molecule has 1 aromatic carbocycles. The first-order valence-corrected chi connectivity index (χ1v) is 11.0. The van der Waals surface area contributed by atoms with Crippen molar-refractivity contribution in [2.24, 2.45) is 0 Å². The van der Waals surface area contributed by atoms with Gasteiger partial charge in [0.2, 0.25) is 5.91 Å². The molecule has 1 aromatic heterocycles. The van der Waals surface area contributed by atoms with Crippen LogP contribution >= 0.6 is 27.3 Å². The van der Waals surface area contributed by atoms with Crippen LogP contribution in [0.3, 0.4) is 0 Å². The zero-order chi connectivity index (χ0) is 20.5. The molecule has 1 fully saturated rings. The van der Waals surface area contributed by atoms with E-state index in [0.717, 1.165) is 27.8 Å². The molecule has 2 aromatic rings. The molecule has 1 unspecified atom stereocenters. The third-order valence-corrected chi connectivity index (χ3v) is 7.97. The number of rotatable bonds is 5. The van der Waals surface area contributed by atoms with Gasteiger partial charge in [0.05, 0.1) is 3.79 Å². The zero-order valence-corrected chi connectivity index (χ0v) is 17.3. The lowest BCUT2D eigenvalue weighted by molar-refractivity contribution is -0.274. The molecule has 12 heteroatoms. The molecule has 0 saturated carbocycles. The molecule has 6 nitrogen and oxygen atoms in total. The molecule has 3 rings (SSSR count). The lowest BCUT2D eigenvalue weighted by atomic mass is 10.2. The van der Waals surface area contributed by atoms with Crippen molar-refractivity contribution in [3.8, 4) is 5.75 Å². The van der Waals surface area contributed by atoms with Gasteiger partial charge in [-0.15, -0.1) is 24.5 Å². The minimum absolute atomic E-state index is 0.132. The fraction of sp³-hybridized carbons (Fsp3) is 0.312. The fourth-order valence-electron chi connectivity index (χ4n) is 2.81. The standard InChI is InChI=1S/C16H14BrF3N2O4S2/c17-13-7-8-14(27-13)28(24,25)22-9-1-2-12(22)15(23)21-10-3-5-11(6-4-10)26-16(18,19)20/h3-8,12H,1-2,9H2,(H,21,23). The quantitative estimate of drug-likeness (QED) is 0.670. The Morgan fingerprint density at radius 3 is 2.46 bits per heavy atom. The third kappa shape index (κ3) is 4.85. The Morgan fingerprint density at radius 2 is 1.89 bits per heavy atom. The SMILES string of the molecule is O=C(Nc1ccc(OC(F)(F)F)cc1)C1CCCN1S(=O)(=O)c1ccc(Br)s1. The minimum Gasteiger partial charge on any atom is -0.406 e. The number of thiophene rings is 1. The van der Waals surface area contributed by atoms with Crippen molar-refractivity contribution >= 4 is 48.9 Å². The number of nitrogens with zero attached hydrogens (tertiary/aromatic N) is 1. The number of alkyl halides is 3. The van der Waals surface area contributed by atoms with Crippen LogP contribution in [0.15, 0.2) is 44.4 Å². The largest absolute Gasteiger partial charge is 0.573 e. The van der Waals surface area contributed by atoms with Gasteiger partial charge in [-0.1, -0.05) is 0 Å². The number of halogens is 4. The Balaban J connectivity index is 1.71. The number of ether oxygens (including phenoxy) is 1. The maximum Gasteiger partial charge on any atom is 0.573 e. The summed E-state index contributed by atoms with van der Waals surface area (Å²) in [7, 11) is -3.82. The van der Waals surface area contributed by atoms with Gasteiger partial charge in [-0.25, -0.2) is 8.42 Å². The summed E-state index contributed by atoms with van der Waals surface area (Å²) >= 11 is 4.28. The highest BCUT2D eigenvalue weighted by Gasteiger charge is 2.40. The summed E-state index contributed by atoms with van der Waals surface area (Å²) in [5.41, 5.74) is 0.239. The van der Waals surface area contributed by atoms with Crippen molar-refractivity contribution in [3.05, 3.63) is 40.2 Å². The smallest absolute Gasteiger partial charge is 0.406 e. The molecule has 1 amide bonds. The van der Waals surface area contributed by atoms with Crippen LogP contribution in [0.1, 0.15) is 12.8 Å². The Labute approximate surface area is 171 Å². The summed E-state index contributed by atoms with van der Waals surface area (Å²) in [6.07, 6.45) is -3.92. The zero-order valence-electron chi connectivity index (χ0n) is 14.1. The first kappa shape index (κ1) is 21.1. The van der Waals surface area contributed by atoms with Gasteiger partial charge >= 0.3 is 6.36 Å². The Kier molecular flexibility index (Phi) is 6.03. The predicted octanol–water partition coefficient (Wildman–Crippen LogP) is 4.20. The number of benzene rings is 1. The number of nitrogens with one attached hydrogen (secondary N) is 1. The third-order valence-electron chi connectivity index (χ3n) is 3.97. The van der Waals surface area contributed by atoms with Crippen molar-refractivity contribution < 1.29 is 31.1 Å². The average molecular weight is 499 g/mol. The van der Waals surface area contributed by atoms with E-state index in [9.17, 15) is 26.4 Å². The van der Waals surface area contributed by atoms with Crippen LogP contribution in [0.25, 0.3) is 0 Å². The number of anilines is 1. The molecule has 0 aliphatic carbocycles. The molecule has 0 bridgehead atoms. The summed E-state index contributed by atoms with van der Waals surface area (Å²) in [6.45, 7) is 0.217. The Bertz CT molecular complexity index is 961. The highest BCUT2D eigenvalue weighted by molar-refractivity contribution is 9.11. The van der Waals surface area contributed by atoms with E-state index in [4.69, 9.17) is 0 Å². The van der Waals surface area contributed by atoms with Crippen LogP contribution in [-0.2, 0) is 14.8 Å². The number of amides is 1. The van der Waals surface area contributed by atoms with Crippen molar-refractivity contribution in [2.75, 3.05) is 11.9 Å². The first-order valence-electron chi connectivity index (χ1n) is 8.00. The van der Waals surface area contributed by atoms with Crippen molar-refractivity contribution in [1.82, 2.24) is 4.31 Å². The maximum absolute atomic E-state index is 12.8. The van der Waals surface area contributed by atoms with Gasteiger partial charge in [0.25, 0.3) is 10.0 Å². The normalized spacial score (nSPS) is 18.2. The van der Waals surface area contributed by atoms with E-state index in [1.807, 2.05) is 0 Å². The molecule has 1 aliphatic rings. The number of carbonyl (C=O) groups excluding carboxylic acids is 1. The lowest BCUT2D eigenvalue weighted by Crippen LogP contribution is -2.42. The summed E-state index contributed by atoms with van der Waals surface area (Å²) in [4.78, 5) is 12.6. The lowest BCUT2D eigenvalue weighted by Gasteiger charge is -2.22. The van der Waals surface area contributed by atoms with Gasteiger partial charge in [-0.05, 0) is 65.2 Å². The molecule has 1 aliphatic heterocycles. The van der Waals surface area contributed by atoms with Crippen LogP contribution in [0.5, 0.6) is 5.75 Å². The Hall–Kier alpha value is -1.63. The predicted molar refractivity (Wildman–Crippen MR) is 101 cm³/mol. The van der Waals surface area contributed by atoms with Crippen molar-refractivity contribution in [1.29, 1.82) is 0 Å². The van der Waals surface area contributed by atoms with Crippen LogP contribution in [0.4, 0.5) is 18.9 Å². The van der Waals surface area contributed by atoms with Crippen LogP contribution in [0, 0.1) is 0 Å². The summed E-state index contributed by atoms with van der Waals surface area (Å²) < 4.78 is 67.9. The van der Waals surface area contributed by atoms with Gasteiger partial charge in [0.1, 0.15) is 16.0 Å². The van der Waals surface area contributed by atoms with Crippen molar-refractivity contribution in [3.63, 3.8) is 0 Å². The number of hydrogen-bond acceptors (Lipinski definition) is 5. The van der Waals surface area contributed by atoms with E-state index < -0.39 is 34.1 Å². The molecule has 1 saturated heterocycles. The second-order valence-corrected chi connectivity index (χ2v) is 10.5. The van der Waals surface area contributed by atoms with E-state index in [1.54, 1.807) is 6.07 Å². The van der Waals surface area contributed by atoms with E-state index in [0.29, 0.717) is 16.6 Å². The highest BCUT2D eigenvalue weighted by Crippen LogP contribution is 2.33. The van der Waals surface area contributed by atoms with Gasteiger partial charge in [-0.2, -0.15) is 4.31 Å². The molecular formula is C16H14BrF3N2O4S2. The number of hydrogen-bond donors (Lipinski definition) is 1. The molecule has 152 valence electrons. The molecule has 2 heterocycles. The van der Waals surface area contributed by atoms with Gasteiger partial charge in [0.15, 0.2) is 0 Å². The number of carbonyl (C=O) groups is 1. The first-order chi connectivity index (χ1) is 13.1. The molecule has 0 radical (unpaired) electrons. The van der Waals surface area contributed by atoms with Crippen LogP contribution < -0.4 is 10.1 Å². The van der Waals surface area contributed by atoms with Crippen LogP contribution in [0.2, 0.25) is 0 Å². The van der Waals surface area contributed by atoms with Gasteiger partial charge in [0, 0.05) is 12.2 Å². The minimum atomic E-state index is -4.81. The Morgan fingerprint density at radius 1 is 1.21 bits per heavy atom. The average Bonchev–Trinajstić information content (AvgIpc) is 3.25. The summed E-state index contributed by atoms with van der Waals surface area (Å²) in [6, 6.07) is 6.83. The highest BCUT2D eigenvalue weighted by atomic mass is 79.9. The van der Waals surface area contributed by atoms with E-state index in [-0.39, 0.29) is 16.4 Å². The molecule has 1 atom stereocenters. The topological polar surface area (TPSA) is 75.7 Å². The van der Waals surface area contributed by atoms with E-state index in [2.05, 4.69) is 26.0 Å². The van der Waals surface area contributed by atoms with Crippen molar-refractivity contribution in [2.45, 2.75) is 29.5 Å². The number of sulfonamides is 1. The van der Waals surface area contributed by atoms with E-state index in [1.165, 1.54) is 18.2 Å². The fourth-order valence-corrected chi connectivity index (χ4v) is 6.60. The van der Waals surface area contributed by atoms with E-state index >= 15 is 0 Å². The molecule has 0 spiro atoms. The van der Waals surface area contributed by atoms with Crippen LogP contribution in [-0.4, -0.2) is 37.6 Å². The van der Waals surface area contributed by atoms with Gasteiger partial charge in [-0.3, -0.25) is 4.79 Å². The molecule has 28 heavy (non-hydrogen) atoms. The van der Waals surface area contributed by atoms with Gasteiger partial charge < -0.3 is 10.1 Å². The summed E-state index contributed by atoms with van der Waals surface area (Å²) in [5.74, 6) is -0.958. The monoisotopic (exact) mass is 498 g/mol. The molecule has 1 N–H and O–H groups in total.